The maximum Gasteiger partial charge on any atom is 0.308 e. The molecule has 1 aromatic heterocycles. The van der Waals surface area contributed by atoms with Crippen molar-refractivity contribution >= 4 is 23.2 Å². The standard InChI is InChI=1S/C12H17NO3S/c1-3-6-13(8-9(2)12(15)16)11(14)10-5-4-7-17-10/h4-5,7,9H,3,6,8H2,1-2H3,(H,15,16). The highest BCUT2D eigenvalue weighted by Crippen LogP contribution is 2.13. The molecule has 0 aromatic carbocycles. The summed E-state index contributed by atoms with van der Waals surface area (Å²) < 4.78 is 0. The van der Waals surface area contributed by atoms with Crippen LogP contribution in [0.5, 0.6) is 0 Å². The van der Waals surface area contributed by atoms with Crippen LogP contribution in [0, 0.1) is 5.92 Å². The minimum absolute atomic E-state index is 0.0741. The van der Waals surface area contributed by atoms with Crippen molar-refractivity contribution in [2.75, 3.05) is 13.1 Å². The number of nitrogens with zero attached hydrogens (tertiary/aromatic N) is 1. The van der Waals surface area contributed by atoms with E-state index in [1.807, 2.05) is 18.4 Å². The molecule has 0 spiro atoms. The van der Waals surface area contributed by atoms with Crippen molar-refractivity contribution in [3.8, 4) is 0 Å². The van der Waals surface area contributed by atoms with Crippen LogP contribution in [-0.2, 0) is 4.79 Å². The number of carboxylic acids is 1. The molecule has 1 aromatic rings. The Morgan fingerprint density at radius 2 is 2.24 bits per heavy atom. The molecule has 1 atom stereocenters. The van der Waals surface area contributed by atoms with Crippen LogP contribution in [0.2, 0.25) is 0 Å². The van der Waals surface area contributed by atoms with Gasteiger partial charge >= 0.3 is 5.97 Å². The monoisotopic (exact) mass is 255 g/mol. The second-order valence-corrected chi connectivity index (χ2v) is 4.92. The van der Waals surface area contributed by atoms with E-state index in [0.717, 1.165) is 6.42 Å². The van der Waals surface area contributed by atoms with Crippen molar-refractivity contribution in [1.82, 2.24) is 4.90 Å². The van der Waals surface area contributed by atoms with Crippen molar-refractivity contribution in [1.29, 1.82) is 0 Å². The maximum atomic E-state index is 12.1. The Morgan fingerprint density at radius 3 is 2.71 bits per heavy atom. The predicted octanol–water partition coefficient (Wildman–Crippen LogP) is 2.32. The van der Waals surface area contributed by atoms with Gasteiger partial charge in [-0.15, -0.1) is 11.3 Å². The quantitative estimate of drug-likeness (QED) is 0.848. The van der Waals surface area contributed by atoms with E-state index in [2.05, 4.69) is 0 Å². The Kier molecular flexibility index (Phi) is 5.15. The maximum absolute atomic E-state index is 12.1. The number of aliphatic carboxylic acids is 1. The van der Waals surface area contributed by atoms with Gasteiger partial charge in [0.25, 0.3) is 5.91 Å². The van der Waals surface area contributed by atoms with E-state index in [0.29, 0.717) is 11.4 Å². The summed E-state index contributed by atoms with van der Waals surface area (Å²) in [5.41, 5.74) is 0. The number of thiophene rings is 1. The molecule has 1 heterocycles. The zero-order valence-corrected chi connectivity index (χ0v) is 10.9. The van der Waals surface area contributed by atoms with Gasteiger partial charge in [-0.25, -0.2) is 0 Å². The molecule has 1 unspecified atom stereocenters. The average Bonchev–Trinajstić information content (AvgIpc) is 2.80. The highest BCUT2D eigenvalue weighted by Gasteiger charge is 2.21. The van der Waals surface area contributed by atoms with E-state index in [1.165, 1.54) is 11.3 Å². The Morgan fingerprint density at radius 1 is 1.53 bits per heavy atom. The largest absolute Gasteiger partial charge is 0.481 e. The lowest BCUT2D eigenvalue weighted by Crippen LogP contribution is -2.37. The molecule has 4 nitrogen and oxygen atoms in total. The van der Waals surface area contributed by atoms with Gasteiger partial charge < -0.3 is 10.0 Å². The van der Waals surface area contributed by atoms with Gasteiger partial charge in [0, 0.05) is 13.1 Å². The van der Waals surface area contributed by atoms with Crippen LogP contribution in [0.15, 0.2) is 17.5 Å². The number of carbonyl (C=O) groups excluding carboxylic acids is 1. The van der Waals surface area contributed by atoms with E-state index >= 15 is 0 Å². The summed E-state index contributed by atoms with van der Waals surface area (Å²) in [6.07, 6.45) is 0.823. The second-order valence-electron chi connectivity index (χ2n) is 3.97. The van der Waals surface area contributed by atoms with Crippen molar-refractivity contribution in [3.05, 3.63) is 22.4 Å². The zero-order chi connectivity index (χ0) is 12.8. The SMILES string of the molecule is CCCN(CC(C)C(=O)O)C(=O)c1cccs1. The van der Waals surface area contributed by atoms with Crippen LogP contribution >= 0.6 is 11.3 Å². The highest BCUT2D eigenvalue weighted by molar-refractivity contribution is 7.12. The first-order chi connectivity index (χ1) is 8.06. The molecule has 5 heteroatoms. The van der Waals surface area contributed by atoms with Crippen molar-refractivity contribution in [2.45, 2.75) is 20.3 Å². The molecule has 0 aliphatic heterocycles. The second kappa shape index (κ2) is 6.39. The number of carboxylic acid groups (broad SMARTS) is 1. The summed E-state index contributed by atoms with van der Waals surface area (Å²) in [7, 11) is 0. The molecule has 0 saturated heterocycles. The molecule has 0 aliphatic carbocycles. The summed E-state index contributed by atoms with van der Waals surface area (Å²) in [6, 6.07) is 3.59. The van der Waals surface area contributed by atoms with E-state index in [-0.39, 0.29) is 12.5 Å². The highest BCUT2D eigenvalue weighted by atomic mass is 32.1. The summed E-state index contributed by atoms with van der Waals surface area (Å²) in [4.78, 5) is 25.2. The fourth-order valence-electron chi connectivity index (χ4n) is 1.51. The van der Waals surface area contributed by atoms with Crippen molar-refractivity contribution < 1.29 is 14.7 Å². The zero-order valence-electron chi connectivity index (χ0n) is 10.0. The third-order valence-corrected chi connectivity index (χ3v) is 3.29. The van der Waals surface area contributed by atoms with E-state index in [4.69, 9.17) is 5.11 Å². The van der Waals surface area contributed by atoms with Gasteiger partial charge in [0.05, 0.1) is 10.8 Å². The summed E-state index contributed by atoms with van der Waals surface area (Å²) in [5, 5.41) is 10.7. The van der Waals surface area contributed by atoms with E-state index < -0.39 is 11.9 Å². The predicted molar refractivity (Wildman–Crippen MR) is 67.3 cm³/mol. The van der Waals surface area contributed by atoms with Crippen LogP contribution in [0.1, 0.15) is 29.9 Å². The first kappa shape index (κ1) is 13.7. The lowest BCUT2D eigenvalue weighted by atomic mass is 10.1. The number of hydrogen-bond donors (Lipinski definition) is 1. The van der Waals surface area contributed by atoms with Gasteiger partial charge in [-0.3, -0.25) is 9.59 Å². The molecule has 1 amide bonds. The van der Waals surface area contributed by atoms with Crippen molar-refractivity contribution in [3.63, 3.8) is 0 Å². The van der Waals surface area contributed by atoms with E-state index in [1.54, 1.807) is 17.9 Å². The number of carbonyl (C=O) groups is 2. The molecule has 0 fully saturated rings. The molecular weight excluding hydrogens is 238 g/mol. The first-order valence-electron chi connectivity index (χ1n) is 5.61. The summed E-state index contributed by atoms with van der Waals surface area (Å²) in [5.74, 6) is -1.48. The minimum atomic E-state index is -0.870. The Bertz CT molecular complexity index is 375. The van der Waals surface area contributed by atoms with Gasteiger partial charge in [-0.05, 0) is 17.9 Å². The smallest absolute Gasteiger partial charge is 0.308 e. The lowest BCUT2D eigenvalue weighted by Gasteiger charge is -2.23. The molecule has 0 saturated carbocycles. The van der Waals surface area contributed by atoms with Gasteiger partial charge in [0.2, 0.25) is 0 Å². The Labute approximate surface area is 105 Å². The molecule has 17 heavy (non-hydrogen) atoms. The fourth-order valence-corrected chi connectivity index (χ4v) is 2.20. The topological polar surface area (TPSA) is 57.6 Å². The van der Waals surface area contributed by atoms with Crippen molar-refractivity contribution in [2.24, 2.45) is 5.92 Å². The van der Waals surface area contributed by atoms with Gasteiger partial charge in [0.1, 0.15) is 0 Å². The van der Waals surface area contributed by atoms with Gasteiger partial charge in [0.15, 0.2) is 0 Å². The first-order valence-corrected chi connectivity index (χ1v) is 6.49. The van der Waals surface area contributed by atoms with Gasteiger partial charge in [-0.1, -0.05) is 19.9 Å². The molecule has 94 valence electrons. The fraction of sp³-hybridized carbons (Fsp3) is 0.500. The molecular formula is C12H17NO3S. The van der Waals surface area contributed by atoms with Crippen LogP contribution in [0.3, 0.4) is 0 Å². The average molecular weight is 255 g/mol. The lowest BCUT2D eigenvalue weighted by molar-refractivity contribution is -0.141. The Hall–Kier alpha value is -1.36. The summed E-state index contributed by atoms with van der Waals surface area (Å²) >= 11 is 1.38. The third-order valence-electron chi connectivity index (χ3n) is 2.43. The number of rotatable bonds is 6. The Balaban J connectivity index is 2.72. The van der Waals surface area contributed by atoms with Gasteiger partial charge in [-0.2, -0.15) is 0 Å². The molecule has 0 aliphatic rings. The number of hydrogen-bond acceptors (Lipinski definition) is 3. The number of amides is 1. The van der Waals surface area contributed by atoms with Crippen LogP contribution in [0.4, 0.5) is 0 Å². The molecule has 1 rings (SSSR count). The molecule has 0 bridgehead atoms. The van der Waals surface area contributed by atoms with E-state index in [9.17, 15) is 9.59 Å². The van der Waals surface area contributed by atoms with Crippen LogP contribution < -0.4 is 0 Å². The molecule has 1 N–H and O–H groups in total. The normalized spacial score (nSPS) is 12.1. The molecule has 0 radical (unpaired) electrons. The third kappa shape index (κ3) is 3.85. The minimum Gasteiger partial charge on any atom is -0.481 e. The van der Waals surface area contributed by atoms with Crippen LogP contribution in [0.25, 0.3) is 0 Å². The van der Waals surface area contributed by atoms with Crippen LogP contribution in [-0.4, -0.2) is 35.0 Å². The summed E-state index contributed by atoms with van der Waals surface area (Å²) in [6.45, 7) is 4.45.